The quantitative estimate of drug-likeness (QED) is 0.450. The van der Waals surface area contributed by atoms with Crippen LogP contribution in [0.15, 0.2) is 30.3 Å². The molecule has 6 heteroatoms. The minimum Gasteiger partial charge on any atom is -0.889 e. The first-order valence-corrected chi connectivity index (χ1v) is 4.39. The Balaban J connectivity index is 0.000000845. The Bertz CT molecular complexity index is 372. The molecule has 2 nitrogen and oxygen atoms in total. The molecule has 0 aliphatic rings. The van der Waals surface area contributed by atoms with Crippen LogP contribution in [0.2, 0.25) is 0 Å². The molecule has 0 unspecified atom stereocenters. The van der Waals surface area contributed by atoms with E-state index in [0.29, 0.717) is 4.78 Å². The van der Waals surface area contributed by atoms with Gasteiger partial charge in [0.1, 0.15) is 0 Å². The molecule has 1 aromatic heterocycles. The van der Waals surface area contributed by atoms with Crippen LogP contribution in [0, 0.1) is 0 Å². The van der Waals surface area contributed by atoms with Gasteiger partial charge in [0.05, 0.1) is 0 Å². The van der Waals surface area contributed by atoms with E-state index in [4.69, 9.17) is 0 Å². The van der Waals surface area contributed by atoms with Gasteiger partial charge in [-0.3, -0.25) is 0 Å². The number of thiophene rings is 1. The fraction of sp³-hybridized carbons (Fsp3) is 0. The Morgan fingerprint density at radius 3 is 2.29 bits per heavy atom. The minimum absolute atomic E-state index is 0. The van der Waals surface area contributed by atoms with E-state index in [-0.39, 0.29) is 59.1 Å². The van der Waals surface area contributed by atoms with E-state index >= 15 is 0 Å². The molecule has 0 fully saturated rings. The first-order valence-electron chi connectivity index (χ1n) is 3.57. The fourth-order valence-electron chi connectivity index (χ4n) is 1.12. The third-order valence-electron chi connectivity index (χ3n) is 1.68. The van der Waals surface area contributed by atoms with Crippen LogP contribution in [0.5, 0.6) is 0 Å². The van der Waals surface area contributed by atoms with Crippen molar-refractivity contribution in [2.75, 3.05) is 0 Å². The van der Waals surface area contributed by atoms with Crippen molar-refractivity contribution in [3.05, 3.63) is 30.3 Å². The van der Waals surface area contributed by atoms with Crippen LogP contribution < -0.4 is 73.9 Å². The van der Waals surface area contributed by atoms with Crippen molar-refractivity contribution in [1.82, 2.24) is 0 Å². The molecule has 60 valence electrons. The van der Waals surface area contributed by atoms with Gasteiger partial charge in [-0.2, -0.15) is 11.3 Å². The zero-order valence-electron chi connectivity index (χ0n) is 8.19. The van der Waals surface area contributed by atoms with Crippen molar-refractivity contribution < 1.29 is 69.2 Å². The van der Waals surface area contributed by atoms with Crippen LogP contribution in [0.4, 0.5) is 0 Å². The van der Waals surface area contributed by atoms with Crippen LogP contribution >= 0.6 is 11.3 Å². The van der Waals surface area contributed by atoms with Crippen molar-refractivity contribution in [2.45, 2.75) is 0 Å². The third-order valence-corrected chi connectivity index (χ3v) is 2.81. The molecule has 0 bridgehead atoms. The summed E-state index contributed by atoms with van der Waals surface area (Å²) >= 11 is 1.28. The monoisotopic (exact) mass is 222 g/mol. The van der Waals surface area contributed by atoms with E-state index in [1.807, 2.05) is 24.3 Å². The molecule has 0 saturated carbocycles. The SMILES string of the molecule is [Na+].[Na+].[O-]B([O-])c1cc2ccccc2s1. The van der Waals surface area contributed by atoms with Gasteiger partial charge in [0.25, 0.3) is 0 Å². The van der Waals surface area contributed by atoms with Crippen molar-refractivity contribution in [2.24, 2.45) is 0 Å². The van der Waals surface area contributed by atoms with Gasteiger partial charge in [-0.15, -0.1) is 0 Å². The van der Waals surface area contributed by atoms with Crippen LogP contribution in [-0.2, 0) is 0 Å². The molecule has 0 amide bonds. The van der Waals surface area contributed by atoms with Gasteiger partial charge in [-0.05, 0) is 11.5 Å². The molecule has 1 aromatic carbocycles. The maximum Gasteiger partial charge on any atom is 1.00 e. The molecule has 0 radical (unpaired) electrons. The number of fused-ring (bicyclic) bond motifs is 1. The maximum atomic E-state index is 10.6. The number of hydrogen-bond donors (Lipinski definition) is 0. The first kappa shape index (κ1) is 15.2. The summed E-state index contributed by atoms with van der Waals surface area (Å²) in [5.41, 5.74) is 0. The molecule has 0 aliphatic carbocycles. The molecule has 14 heavy (non-hydrogen) atoms. The third kappa shape index (κ3) is 3.34. The van der Waals surface area contributed by atoms with Crippen LogP contribution in [0.1, 0.15) is 0 Å². The predicted octanol–water partition coefficient (Wildman–Crippen LogP) is -6.67. The topological polar surface area (TPSA) is 46.1 Å². The molecule has 0 aliphatic heterocycles. The fourth-order valence-corrected chi connectivity index (χ4v) is 2.05. The molecule has 2 aromatic rings. The predicted molar refractivity (Wildman–Crippen MR) is 47.2 cm³/mol. The summed E-state index contributed by atoms with van der Waals surface area (Å²) in [7, 11) is -1.85. The van der Waals surface area contributed by atoms with Gasteiger partial charge >= 0.3 is 59.1 Å². The average molecular weight is 222 g/mol. The Kier molecular flexibility index (Phi) is 7.24. The zero-order chi connectivity index (χ0) is 8.55. The maximum absolute atomic E-state index is 10.6. The molecule has 0 atom stereocenters. The first-order chi connectivity index (χ1) is 5.77. The van der Waals surface area contributed by atoms with E-state index in [1.165, 1.54) is 11.3 Å². The second kappa shape index (κ2) is 6.68. The van der Waals surface area contributed by atoms with E-state index in [0.717, 1.165) is 10.1 Å². The van der Waals surface area contributed by atoms with Crippen LogP contribution in [0.3, 0.4) is 0 Å². The summed E-state index contributed by atoms with van der Waals surface area (Å²) in [6.45, 7) is 0. The van der Waals surface area contributed by atoms with E-state index in [9.17, 15) is 10.0 Å². The van der Waals surface area contributed by atoms with Crippen molar-refractivity contribution >= 4 is 33.3 Å². The molecule has 0 N–H and O–H groups in total. The average Bonchev–Trinajstić information content (AvgIpc) is 2.46. The Hall–Kier alpha value is 1.16. The van der Waals surface area contributed by atoms with Gasteiger partial charge in [0.2, 0.25) is 0 Å². The molecule has 0 spiro atoms. The van der Waals surface area contributed by atoms with Gasteiger partial charge in [0.15, 0.2) is 0 Å². The van der Waals surface area contributed by atoms with Crippen molar-refractivity contribution in [3.63, 3.8) is 0 Å². The van der Waals surface area contributed by atoms with E-state index in [1.54, 1.807) is 6.07 Å². The van der Waals surface area contributed by atoms with Gasteiger partial charge in [-0.1, -0.05) is 36.2 Å². The second-order valence-corrected chi connectivity index (χ2v) is 3.63. The Labute approximate surface area is 131 Å². The number of rotatable bonds is 1. The summed E-state index contributed by atoms with van der Waals surface area (Å²) < 4.78 is 1.38. The van der Waals surface area contributed by atoms with Gasteiger partial charge in [0, 0.05) is 4.70 Å². The Morgan fingerprint density at radius 1 is 1.07 bits per heavy atom. The molecular weight excluding hydrogens is 217 g/mol. The molecule has 0 saturated heterocycles. The second-order valence-electron chi connectivity index (χ2n) is 2.52. The van der Waals surface area contributed by atoms with E-state index < -0.39 is 7.12 Å². The zero-order valence-corrected chi connectivity index (χ0v) is 13.0. The normalized spacial score (nSPS) is 9.00. The summed E-state index contributed by atoms with van der Waals surface area (Å²) in [5, 5.41) is 22.1. The molecule has 2 rings (SSSR count). The number of hydrogen-bond acceptors (Lipinski definition) is 3. The van der Waals surface area contributed by atoms with Crippen LogP contribution in [0.25, 0.3) is 10.1 Å². The molecular formula is C8H5BNa2O2S. The van der Waals surface area contributed by atoms with Crippen molar-refractivity contribution in [1.29, 1.82) is 0 Å². The minimum atomic E-state index is -1.85. The standard InChI is InChI=1S/C8H5BO2S.2Na/c10-9(11)8-5-6-3-1-2-4-7(6)12-8;;/h1-5H;;/q-2;2*+1. The van der Waals surface area contributed by atoms with Gasteiger partial charge < -0.3 is 10.0 Å². The largest absolute Gasteiger partial charge is 1.00 e. The number of benzene rings is 1. The summed E-state index contributed by atoms with van der Waals surface area (Å²) in [5.74, 6) is 0. The Morgan fingerprint density at radius 2 is 1.71 bits per heavy atom. The van der Waals surface area contributed by atoms with Crippen LogP contribution in [-0.4, -0.2) is 7.12 Å². The smallest absolute Gasteiger partial charge is 0.889 e. The van der Waals surface area contributed by atoms with Crippen molar-refractivity contribution in [3.8, 4) is 0 Å². The summed E-state index contributed by atoms with van der Waals surface area (Å²) in [4.78, 5) is 0. The summed E-state index contributed by atoms with van der Waals surface area (Å²) in [6, 6.07) is 9.27. The molecule has 1 heterocycles. The summed E-state index contributed by atoms with van der Waals surface area (Å²) in [6.07, 6.45) is 0. The van der Waals surface area contributed by atoms with Gasteiger partial charge in [-0.25, -0.2) is 0 Å². The van der Waals surface area contributed by atoms with E-state index in [2.05, 4.69) is 0 Å².